The van der Waals surface area contributed by atoms with Gasteiger partial charge in [0, 0.05) is 55.8 Å². The van der Waals surface area contributed by atoms with Gasteiger partial charge >= 0.3 is 5.97 Å². The van der Waals surface area contributed by atoms with Crippen LogP contribution in [0.5, 0.6) is 0 Å². The predicted molar refractivity (Wildman–Crippen MR) is 189 cm³/mol. The van der Waals surface area contributed by atoms with Crippen molar-refractivity contribution in [2.45, 2.75) is 88.4 Å². The first kappa shape index (κ1) is 35.5. The number of aliphatic hydroxyl groups excluding tert-OH is 1. The molecule has 3 aliphatic heterocycles. The van der Waals surface area contributed by atoms with Crippen molar-refractivity contribution in [3.63, 3.8) is 0 Å². The molecule has 11 heteroatoms. The minimum atomic E-state index is -0.787. The number of hydrogen-bond acceptors (Lipinski definition) is 8. The summed E-state index contributed by atoms with van der Waals surface area (Å²) in [5, 5.41) is 24.4. The van der Waals surface area contributed by atoms with Crippen LogP contribution in [0.3, 0.4) is 0 Å². The highest BCUT2D eigenvalue weighted by Crippen LogP contribution is 2.40. The zero-order chi connectivity index (χ0) is 34.9. The van der Waals surface area contributed by atoms with E-state index in [1.807, 2.05) is 66.7 Å². The predicted octanol–water partition coefficient (Wildman–Crippen LogP) is 5.52. The molecule has 3 aromatic carbocycles. The Labute approximate surface area is 293 Å². The van der Waals surface area contributed by atoms with Crippen LogP contribution in [0.15, 0.2) is 78.9 Å². The quantitative estimate of drug-likeness (QED) is 0.162. The van der Waals surface area contributed by atoms with Crippen LogP contribution in [0.4, 0.5) is 11.4 Å². The van der Waals surface area contributed by atoms with Crippen LogP contribution >= 0.6 is 0 Å². The van der Waals surface area contributed by atoms with E-state index >= 15 is 0 Å². The summed E-state index contributed by atoms with van der Waals surface area (Å²) < 4.78 is 13.1. The Balaban J connectivity index is 1.08. The zero-order valence-electron chi connectivity index (χ0n) is 28.5. The molecule has 3 fully saturated rings. The van der Waals surface area contributed by atoms with Crippen LogP contribution in [0, 0.1) is 0 Å². The van der Waals surface area contributed by atoms with Gasteiger partial charge in [0.05, 0.1) is 25.5 Å². The molecule has 1 spiro atoms. The fraction of sp³-hybridized carbons (Fsp3) is 0.462. The standard InChI is InChI=1S/C39H48N4O7/c44-26-28-12-14-29(15-13-28)34-24-33(25-42-22-20-39(21-23-42)38(48)40-27-43(39)32-8-4-3-5-9-32)49-37(50-34)30-16-18-31(19-17-30)41-35(45)10-6-1-2-7-11-36(46)47/h3-5,8-9,12-19,33-34,37,44H,1-2,6-7,10-11,20-27H2,(H,40,48)(H,41,45)(H,46,47)/t33-,34+,37+/m0/s1. The van der Waals surface area contributed by atoms with Crippen molar-refractivity contribution in [2.24, 2.45) is 0 Å². The van der Waals surface area contributed by atoms with Crippen molar-refractivity contribution in [2.75, 3.05) is 36.5 Å². The molecule has 3 saturated heterocycles. The van der Waals surface area contributed by atoms with Gasteiger partial charge in [0.25, 0.3) is 0 Å². The number of nitrogens with one attached hydrogen (secondary N) is 2. The van der Waals surface area contributed by atoms with Crippen molar-refractivity contribution >= 4 is 29.2 Å². The second kappa shape index (κ2) is 16.6. The van der Waals surface area contributed by atoms with E-state index in [4.69, 9.17) is 14.6 Å². The molecule has 0 bridgehead atoms. The average Bonchev–Trinajstić information content (AvgIpc) is 3.45. The second-order valence-electron chi connectivity index (χ2n) is 13.6. The lowest BCUT2D eigenvalue weighted by molar-refractivity contribution is -0.253. The van der Waals surface area contributed by atoms with E-state index in [1.54, 1.807) is 0 Å². The molecule has 0 saturated carbocycles. The highest BCUT2D eigenvalue weighted by atomic mass is 16.7. The van der Waals surface area contributed by atoms with E-state index in [0.29, 0.717) is 44.6 Å². The first-order chi connectivity index (χ1) is 24.3. The molecule has 0 aromatic heterocycles. The molecule has 0 aliphatic carbocycles. The van der Waals surface area contributed by atoms with E-state index in [1.165, 1.54) is 0 Å². The summed E-state index contributed by atoms with van der Waals surface area (Å²) in [5.41, 5.74) is 3.91. The number of nitrogens with zero attached hydrogens (tertiary/aromatic N) is 2. The number of carboxylic acids is 1. The summed E-state index contributed by atoms with van der Waals surface area (Å²) in [6.45, 7) is 2.75. The molecule has 4 N–H and O–H groups in total. The third-order valence-corrected chi connectivity index (χ3v) is 10.2. The van der Waals surface area contributed by atoms with Crippen LogP contribution in [0.25, 0.3) is 0 Å². The monoisotopic (exact) mass is 684 g/mol. The molecule has 2 amide bonds. The lowest BCUT2D eigenvalue weighted by atomic mass is 9.85. The lowest BCUT2D eigenvalue weighted by Crippen LogP contribution is -2.57. The first-order valence-corrected chi connectivity index (χ1v) is 17.8. The highest BCUT2D eigenvalue weighted by molar-refractivity contribution is 5.93. The first-order valence-electron chi connectivity index (χ1n) is 17.8. The van der Waals surface area contributed by atoms with E-state index in [0.717, 1.165) is 61.2 Å². The minimum absolute atomic E-state index is 0.0218. The van der Waals surface area contributed by atoms with Gasteiger partial charge in [-0.2, -0.15) is 0 Å². The summed E-state index contributed by atoms with van der Waals surface area (Å²) in [6, 6.07) is 25.5. The van der Waals surface area contributed by atoms with Gasteiger partial charge in [-0.1, -0.05) is 67.4 Å². The van der Waals surface area contributed by atoms with E-state index in [-0.39, 0.29) is 37.0 Å². The summed E-state index contributed by atoms with van der Waals surface area (Å²) in [4.78, 5) is 41.0. The van der Waals surface area contributed by atoms with Gasteiger partial charge in [0.2, 0.25) is 11.8 Å². The number of aliphatic carboxylic acids is 1. The maximum absolute atomic E-state index is 13.2. The van der Waals surface area contributed by atoms with E-state index < -0.39 is 17.8 Å². The van der Waals surface area contributed by atoms with Gasteiger partial charge in [-0.15, -0.1) is 0 Å². The molecule has 3 atom stereocenters. The summed E-state index contributed by atoms with van der Waals surface area (Å²) in [7, 11) is 0. The molecule has 50 heavy (non-hydrogen) atoms. The molecule has 0 radical (unpaired) electrons. The Morgan fingerprint density at radius 1 is 0.860 bits per heavy atom. The van der Waals surface area contributed by atoms with Gasteiger partial charge < -0.3 is 40.1 Å². The number of carbonyl (C=O) groups excluding carboxylic acids is 2. The number of hydrogen-bond donors (Lipinski definition) is 4. The molecule has 11 nitrogen and oxygen atoms in total. The Hall–Kier alpha value is -4.29. The number of carbonyl (C=O) groups is 3. The number of likely N-dealkylation sites (tertiary alicyclic amines) is 1. The molecule has 3 heterocycles. The summed E-state index contributed by atoms with van der Waals surface area (Å²) in [6.07, 6.45) is 4.67. The van der Waals surface area contributed by atoms with Crippen LogP contribution in [0.1, 0.15) is 86.9 Å². The van der Waals surface area contributed by atoms with Crippen LogP contribution in [-0.2, 0) is 30.5 Å². The van der Waals surface area contributed by atoms with E-state index in [2.05, 4.69) is 32.6 Å². The van der Waals surface area contributed by atoms with Crippen molar-refractivity contribution in [1.29, 1.82) is 0 Å². The van der Waals surface area contributed by atoms with Crippen molar-refractivity contribution in [3.05, 3.63) is 95.6 Å². The van der Waals surface area contributed by atoms with Crippen molar-refractivity contribution in [1.82, 2.24) is 10.2 Å². The SMILES string of the molecule is O=C(O)CCCCCCC(=O)Nc1ccc([C@@H]2O[C@H](CN3CCC4(CC3)C(=O)NCN4c3ccccc3)C[C@H](c3ccc(CO)cc3)O2)cc1. The van der Waals surface area contributed by atoms with Gasteiger partial charge in [-0.3, -0.25) is 14.4 Å². The van der Waals surface area contributed by atoms with E-state index in [9.17, 15) is 19.5 Å². The van der Waals surface area contributed by atoms with Gasteiger partial charge in [0.15, 0.2) is 6.29 Å². The molecule has 3 aliphatic rings. The minimum Gasteiger partial charge on any atom is -0.481 e. The lowest BCUT2D eigenvalue weighted by Gasteiger charge is -2.45. The summed E-state index contributed by atoms with van der Waals surface area (Å²) in [5.74, 6) is -0.759. The highest BCUT2D eigenvalue weighted by Gasteiger charge is 2.50. The van der Waals surface area contributed by atoms with Gasteiger partial charge in [-0.25, -0.2) is 0 Å². The zero-order valence-corrected chi connectivity index (χ0v) is 28.5. The Morgan fingerprint density at radius 2 is 1.54 bits per heavy atom. The number of rotatable bonds is 14. The molecule has 6 rings (SSSR count). The number of piperidine rings is 1. The Morgan fingerprint density at radius 3 is 2.22 bits per heavy atom. The van der Waals surface area contributed by atoms with Crippen LogP contribution < -0.4 is 15.5 Å². The molecule has 266 valence electrons. The van der Waals surface area contributed by atoms with Gasteiger partial charge in [0.1, 0.15) is 5.54 Å². The molecule has 3 aromatic rings. The number of aliphatic hydroxyl groups is 1. The smallest absolute Gasteiger partial charge is 0.303 e. The van der Waals surface area contributed by atoms with Crippen molar-refractivity contribution in [3.8, 4) is 0 Å². The molecular weight excluding hydrogens is 636 g/mol. The van der Waals surface area contributed by atoms with Crippen LogP contribution in [-0.4, -0.2) is 70.8 Å². The molecular formula is C39H48N4O7. The largest absolute Gasteiger partial charge is 0.481 e. The Kier molecular flexibility index (Phi) is 11.8. The van der Waals surface area contributed by atoms with Gasteiger partial charge in [-0.05, 0) is 61.1 Å². The topological polar surface area (TPSA) is 141 Å². The molecule has 0 unspecified atom stereocenters. The normalized spacial score (nSPS) is 22.0. The third-order valence-electron chi connectivity index (χ3n) is 10.2. The number of amides is 2. The second-order valence-corrected chi connectivity index (χ2v) is 13.6. The van der Waals surface area contributed by atoms with Crippen molar-refractivity contribution < 1.29 is 34.1 Å². The number of unbranched alkanes of at least 4 members (excludes halogenated alkanes) is 3. The van der Waals surface area contributed by atoms with Crippen LogP contribution in [0.2, 0.25) is 0 Å². The Bertz CT molecular complexity index is 1580. The summed E-state index contributed by atoms with van der Waals surface area (Å²) >= 11 is 0. The number of anilines is 2. The fourth-order valence-corrected chi connectivity index (χ4v) is 7.32. The number of benzene rings is 3. The maximum atomic E-state index is 13.2. The third kappa shape index (κ3) is 8.70. The number of carboxylic acid groups (broad SMARTS) is 1. The fourth-order valence-electron chi connectivity index (χ4n) is 7.32. The number of ether oxygens (including phenoxy) is 2. The average molecular weight is 685 g/mol. The maximum Gasteiger partial charge on any atom is 0.303 e. The number of para-hydroxylation sites is 1.